The van der Waals surface area contributed by atoms with Crippen LogP contribution in [0.25, 0.3) is 0 Å². The number of carboxylic acids is 1. The van der Waals surface area contributed by atoms with Crippen molar-refractivity contribution in [1.29, 1.82) is 0 Å². The van der Waals surface area contributed by atoms with Gasteiger partial charge in [-0.15, -0.1) is 0 Å². The fraction of sp³-hybridized carbons (Fsp3) is 0.688. The minimum atomic E-state index is -1.57. The molecular formula is C16H30N6O7S. The highest BCUT2D eigenvalue weighted by molar-refractivity contribution is 7.80. The molecule has 4 amide bonds. The summed E-state index contributed by atoms with van der Waals surface area (Å²) in [5.41, 5.74) is 16.1. The summed E-state index contributed by atoms with van der Waals surface area (Å²) in [5.74, 6) is -4.86. The van der Waals surface area contributed by atoms with Gasteiger partial charge in [0.05, 0.1) is 19.1 Å². The largest absolute Gasteiger partial charge is 0.480 e. The molecule has 0 aliphatic carbocycles. The van der Waals surface area contributed by atoms with E-state index in [0.717, 1.165) is 0 Å². The van der Waals surface area contributed by atoms with E-state index in [-0.39, 0.29) is 12.2 Å². The van der Waals surface area contributed by atoms with Crippen LogP contribution in [0.2, 0.25) is 0 Å². The number of carboxylic acid groups (broad SMARTS) is 1. The molecule has 0 rings (SSSR count). The molecule has 0 saturated carbocycles. The number of nitrogens with one attached hydrogen (secondary N) is 3. The second-order valence-electron chi connectivity index (χ2n) is 6.45. The maximum atomic E-state index is 12.6. The Balaban J connectivity index is 5.38. The molecule has 4 unspecified atom stereocenters. The molecular weight excluding hydrogens is 420 g/mol. The lowest BCUT2D eigenvalue weighted by Crippen LogP contribution is -2.58. The number of carbonyl (C=O) groups is 5. The maximum Gasteiger partial charge on any atom is 0.328 e. The highest BCUT2D eigenvalue weighted by Gasteiger charge is 2.30. The minimum Gasteiger partial charge on any atom is -0.480 e. The highest BCUT2D eigenvalue weighted by atomic mass is 32.1. The Bertz CT molecular complexity index is 621. The summed E-state index contributed by atoms with van der Waals surface area (Å²) < 4.78 is 0. The number of thiol groups is 1. The van der Waals surface area contributed by atoms with E-state index < -0.39 is 66.8 Å². The number of rotatable bonds is 15. The molecule has 0 aliphatic rings. The molecule has 0 fully saturated rings. The highest BCUT2D eigenvalue weighted by Crippen LogP contribution is 2.04. The Labute approximate surface area is 178 Å². The van der Waals surface area contributed by atoms with Gasteiger partial charge in [0.15, 0.2) is 0 Å². The molecule has 0 saturated heterocycles. The molecule has 13 nitrogen and oxygen atoms in total. The number of primary amides is 1. The van der Waals surface area contributed by atoms with E-state index in [4.69, 9.17) is 27.4 Å². The van der Waals surface area contributed by atoms with E-state index in [9.17, 15) is 24.0 Å². The van der Waals surface area contributed by atoms with Crippen molar-refractivity contribution in [3.8, 4) is 0 Å². The summed E-state index contributed by atoms with van der Waals surface area (Å²) in [6.07, 6.45) is 0.492. The lowest BCUT2D eigenvalue weighted by Gasteiger charge is -2.24. The molecule has 4 atom stereocenters. The molecule has 30 heavy (non-hydrogen) atoms. The summed E-state index contributed by atoms with van der Waals surface area (Å²) in [5, 5.41) is 24.8. The lowest BCUT2D eigenvalue weighted by molar-refractivity contribution is -0.143. The van der Waals surface area contributed by atoms with E-state index >= 15 is 0 Å². The fourth-order valence-corrected chi connectivity index (χ4v) is 2.43. The van der Waals surface area contributed by atoms with E-state index in [1.165, 1.54) is 0 Å². The Kier molecular flexibility index (Phi) is 13.4. The average molecular weight is 451 g/mol. The van der Waals surface area contributed by atoms with Crippen molar-refractivity contribution in [1.82, 2.24) is 16.0 Å². The van der Waals surface area contributed by atoms with Gasteiger partial charge < -0.3 is 43.4 Å². The van der Waals surface area contributed by atoms with Gasteiger partial charge in [-0.3, -0.25) is 19.2 Å². The summed E-state index contributed by atoms with van der Waals surface area (Å²) in [4.78, 5) is 59.3. The van der Waals surface area contributed by atoms with Crippen molar-refractivity contribution >= 4 is 42.2 Å². The standard InChI is InChI=1S/C16H30N6O7S/c17-4-2-1-3-9(14(26)22-11(6-23)16(28)29)20-15(27)10(5-12(19)24)21-13(25)8(18)7-30/h8-11,23,30H,1-7,17-18H2,(H2,19,24)(H,20,27)(H,21,25)(H,22,26)(H,28,29). The Morgan fingerprint density at radius 3 is 1.90 bits per heavy atom. The van der Waals surface area contributed by atoms with Gasteiger partial charge in [0.2, 0.25) is 23.6 Å². The first-order valence-corrected chi connectivity index (χ1v) is 9.80. The van der Waals surface area contributed by atoms with E-state index in [1.807, 2.05) is 0 Å². The van der Waals surface area contributed by atoms with Crippen molar-refractivity contribution in [2.45, 2.75) is 49.9 Å². The number of hydrogen-bond acceptors (Lipinski definition) is 9. The first kappa shape index (κ1) is 27.6. The number of aliphatic hydroxyl groups excluding tert-OH is 1. The van der Waals surface area contributed by atoms with Crippen LogP contribution in [-0.4, -0.2) is 82.9 Å². The van der Waals surface area contributed by atoms with Gasteiger partial charge in [-0.1, -0.05) is 0 Å². The average Bonchev–Trinajstić information content (AvgIpc) is 2.69. The monoisotopic (exact) mass is 450 g/mol. The quantitative estimate of drug-likeness (QED) is 0.0866. The molecule has 0 aromatic heterocycles. The van der Waals surface area contributed by atoms with Crippen LogP contribution in [0.15, 0.2) is 0 Å². The van der Waals surface area contributed by atoms with Crippen LogP contribution in [0.4, 0.5) is 0 Å². The molecule has 0 radical (unpaired) electrons. The zero-order valence-electron chi connectivity index (χ0n) is 16.4. The number of aliphatic hydroxyl groups is 1. The van der Waals surface area contributed by atoms with Crippen LogP contribution in [0.5, 0.6) is 0 Å². The van der Waals surface area contributed by atoms with Gasteiger partial charge in [-0.2, -0.15) is 12.6 Å². The first-order valence-electron chi connectivity index (χ1n) is 9.16. The topological polar surface area (TPSA) is 240 Å². The molecule has 0 bridgehead atoms. The Morgan fingerprint density at radius 1 is 0.900 bits per heavy atom. The minimum absolute atomic E-state index is 0.0153. The van der Waals surface area contributed by atoms with Crippen molar-refractivity contribution < 1.29 is 34.2 Å². The third kappa shape index (κ3) is 10.4. The van der Waals surface area contributed by atoms with Gasteiger partial charge in [0.25, 0.3) is 0 Å². The van der Waals surface area contributed by atoms with Gasteiger partial charge in [0, 0.05) is 5.75 Å². The predicted octanol–water partition coefficient (Wildman–Crippen LogP) is -4.22. The third-order valence-corrected chi connectivity index (χ3v) is 4.34. The number of carbonyl (C=O) groups excluding carboxylic acids is 4. The molecule has 14 heteroatoms. The zero-order valence-corrected chi connectivity index (χ0v) is 17.3. The lowest BCUT2D eigenvalue weighted by atomic mass is 10.1. The zero-order chi connectivity index (χ0) is 23.3. The van der Waals surface area contributed by atoms with E-state index in [0.29, 0.717) is 19.4 Å². The molecule has 0 heterocycles. The summed E-state index contributed by atoms with van der Waals surface area (Å²) in [6, 6.07) is -5.22. The Hall–Kier alpha value is -2.42. The van der Waals surface area contributed by atoms with E-state index in [2.05, 4.69) is 28.6 Å². The van der Waals surface area contributed by atoms with Crippen molar-refractivity contribution in [3.05, 3.63) is 0 Å². The van der Waals surface area contributed by atoms with Crippen molar-refractivity contribution in [2.24, 2.45) is 17.2 Å². The fourth-order valence-electron chi connectivity index (χ4n) is 2.26. The second kappa shape index (κ2) is 14.5. The molecule has 0 aromatic rings. The second-order valence-corrected chi connectivity index (χ2v) is 6.81. The summed E-state index contributed by atoms with van der Waals surface area (Å²) in [6.45, 7) is -0.523. The summed E-state index contributed by atoms with van der Waals surface area (Å²) in [7, 11) is 0. The molecule has 11 N–H and O–H groups in total. The molecule has 172 valence electrons. The van der Waals surface area contributed by atoms with Crippen LogP contribution in [-0.2, 0) is 24.0 Å². The number of hydrogen-bond donors (Lipinski definition) is 9. The normalized spacial score (nSPS) is 14.7. The van der Waals surface area contributed by atoms with Gasteiger partial charge in [-0.05, 0) is 25.8 Å². The van der Waals surface area contributed by atoms with Crippen LogP contribution in [0.3, 0.4) is 0 Å². The molecule has 0 aliphatic heterocycles. The van der Waals surface area contributed by atoms with Crippen LogP contribution < -0.4 is 33.2 Å². The molecule has 0 aromatic carbocycles. The number of aliphatic carboxylic acids is 1. The number of nitrogens with two attached hydrogens (primary N) is 3. The molecule has 0 spiro atoms. The number of unbranched alkanes of at least 4 members (excludes halogenated alkanes) is 1. The van der Waals surface area contributed by atoms with Gasteiger partial charge >= 0.3 is 5.97 Å². The number of amides is 4. The van der Waals surface area contributed by atoms with Crippen LogP contribution >= 0.6 is 12.6 Å². The maximum absolute atomic E-state index is 12.6. The Morgan fingerprint density at radius 2 is 1.43 bits per heavy atom. The van der Waals surface area contributed by atoms with E-state index in [1.54, 1.807) is 0 Å². The smallest absolute Gasteiger partial charge is 0.328 e. The van der Waals surface area contributed by atoms with Gasteiger partial charge in [-0.25, -0.2) is 4.79 Å². The predicted molar refractivity (Wildman–Crippen MR) is 109 cm³/mol. The summed E-state index contributed by atoms with van der Waals surface area (Å²) >= 11 is 3.88. The van der Waals surface area contributed by atoms with Crippen LogP contribution in [0, 0.1) is 0 Å². The van der Waals surface area contributed by atoms with Crippen molar-refractivity contribution in [2.75, 3.05) is 18.9 Å². The first-order chi connectivity index (χ1) is 14.1. The van der Waals surface area contributed by atoms with Crippen LogP contribution in [0.1, 0.15) is 25.7 Å². The SMILES string of the molecule is NCCCCC(NC(=O)C(CC(N)=O)NC(=O)C(N)CS)C(=O)NC(CO)C(=O)O. The van der Waals surface area contributed by atoms with Gasteiger partial charge in [0.1, 0.15) is 18.1 Å². The van der Waals surface area contributed by atoms with Crippen molar-refractivity contribution in [3.63, 3.8) is 0 Å². The third-order valence-electron chi connectivity index (χ3n) is 3.95.